The summed E-state index contributed by atoms with van der Waals surface area (Å²) >= 11 is 0. The van der Waals surface area contributed by atoms with Crippen LogP contribution in [0.4, 0.5) is 0 Å². The van der Waals surface area contributed by atoms with Gasteiger partial charge in [-0.1, -0.05) is 12.0 Å². The predicted octanol–water partition coefficient (Wildman–Crippen LogP) is 0.631. The van der Waals surface area contributed by atoms with Crippen LogP contribution in [0.3, 0.4) is 0 Å². The standard InChI is InChI=1S/C17H23N3O4S/c1-6-10-18-25(23,24)14-9-7-8-13(11-14)16(22)19-12(2)15(21)20-17(3,4)5/h1,7-9,11-12,18H,10H2,2-5H3,(H,19,22)(H,20,21). The molecule has 1 unspecified atom stereocenters. The number of nitrogens with one attached hydrogen (secondary N) is 3. The van der Waals surface area contributed by atoms with Crippen molar-refractivity contribution >= 4 is 21.8 Å². The molecule has 0 aliphatic carbocycles. The highest BCUT2D eigenvalue weighted by Crippen LogP contribution is 2.11. The molecule has 0 saturated carbocycles. The van der Waals surface area contributed by atoms with Crippen molar-refractivity contribution in [2.75, 3.05) is 6.54 Å². The lowest BCUT2D eigenvalue weighted by atomic mass is 10.1. The van der Waals surface area contributed by atoms with Crippen molar-refractivity contribution < 1.29 is 18.0 Å². The summed E-state index contributed by atoms with van der Waals surface area (Å²) in [6.45, 7) is 6.89. The van der Waals surface area contributed by atoms with Gasteiger partial charge in [0.05, 0.1) is 11.4 Å². The molecule has 25 heavy (non-hydrogen) atoms. The van der Waals surface area contributed by atoms with Crippen LogP contribution >= 0.6 is 0 Å². The van der Waals surface area contributed by atoms with E-state index in [1.165, 1.54) is 24.3 Å². The molecular formula is C17H23N3O4S. The third-order valence-corrected chi connectivity index (χ3v) is 4.41. The topological polar surface area (TPSA) is 104 Å². The molecule has 136 valence electrons. The molecule has 0 aliphatic heterocycles. The average Bonchev–Trinajstić information content (AvgIpc) is 2.51. The molecule has 1 aromatic carbocycles. The highest BCUT2D eigenvalue weighted by atomic mass is 32.2. The number of carbonyl (C=O) groups excluding carboxylic acids is 2. The van der Waals surface area contributed by atoms with Gasteiger partial charge in [-0.3, -0.25) is 9.59 Å². The van der Waals surface area contributed by atoms with E-state index in [-0.39, 0.29) is 22.9 Å². The number of amides is 2. The fraction of sp³-hybridized carbons (Fsp3) is 0.412. The van der Waals surface area contributed by atoms with E-state index in [9.17, 15) is 18.0 Å². The first kappa shape index (κ1) is 20.7. The molecule has 3 N–H and O–H groups in total. The van der Waals surface area contributed by atoms with Crippen LogP contribution in [-0.2, 0) is 14.8 Å². The van der Waals surface area contributed by atoms with E-state index in [2.05, 4.69) is 21.3 Å². The lowest BCUT2D eigenvalue weighted by Crippen LogP contribution is -2.50. The number of hydrogen-bond donors (Lipinski definition) is 3. The molecule has 0 aliphatic rings. The third-order valence-electron chi connectivity index (χ3n) is 3.01. The number of hydrogen-bond acceptors (Lipinski definition) is 4. The van der Waals surface area contributed by atoms with Crippen molar-refractivity contribution in [1.82, 2.24) is 15.4 Å². The van der Waals surface area contributed by atoms with Gasteiger partial charge in [0, 0.05) is 11.1 Å². The van der Waals surface area contributed by atoms with Gasteiger partial charge < -0.3 is 10.6 Å². The first-order chi connectivity index (χ1) is 11.5. The Balaban J connectivity index is 2.88. The minimum Gasteiger partial charge on any atom is -0.350 e. The zero-order chi connectivity index (χ0) is 19.3. The smallest absolute Gasteiger partial charge is 0.251 e. The number of sulfonamides is 1. The van der Waals surface area contributed by atoms with E-state index in [0.29, 0.717) is 0 Å². The highest BCUT2D eigenvalue weighted by molar-refractivity contribution is 7.89. The number of rotatable bonds is 6. The van der Waals surface area contributed by atoms with Gasteiger partial charge in [0.2, 0.25) is 15.9 Å². The Hall–Kier alpha value is -2.37. The van der Waals surface area contributed by atoms with Gasteiger partial charge in [0.1, 0.15) is 6.04 Å². The van der Waals surface area contributed by atoms with E-state index in [0.717, 1.165) is 0 Å². The molecule has 0 aromatic heterocycles. The predicted molar refractivity (Wildman–Crippen MR) is 95.3 cm³/mol. The average molecular weight is 365 g/mol. The van der Waals surface area contributed by atoms with E-state index in [1.54, 1.807) is 6.92 Å². The third kappa shape index (κ3) is 6.57. The molecule has 0 radical (unpaired) electrons. The summed E-state index contributed by atoms with van der Waals surface area (Å²) in [5.74, 6) is 1.29. The van der Waals surface area contributed by atoms with Gasteiger partial charge in [-0.15, -0.1) is 6.42 Å². The van der Waals surface area contributed by atoms with Crippen LogP contribution in [0.15, 0.2) is 29.2 Å². The molecule has 0 heterocycles. The summed E-state index contributed by atoms with van der Waals surface area (Å²) < 4.78 is 26.3. The summed E-state index contributed by atoms with van der Waals surface area (Å²) in [6.07, 6.45) is 5.04. The summed E-state index contributed by atoms with van der Waals surface area (Å²) in [6, 6.07) is 4.71. The minimum atomic E-state index is -3.80. The molecule has 0 fully saturated rings. The van der Waals surface area contributed by atoms with Crippen LogP contribution in [0.2, 0.25) is 0 Å². The summed E-state index contributed by atoms with van der Waals surface area (Å²) in [7, 11) is -3.80. The van der Waals surface area contributed by atoms with Crippen LogP contribution in [-0.4, -0.2) is 38.4 Å². The lowest BCUT2D eigenvalue weighted by Gasteiger charge is -2.23. The monoisotopic (exact) mass is 365 g/mol. The van der Waals surface area contributed by atoms with Crippen LogP contribution in [0.1, 0.15) is 38.1 Å². The van der Waals surface area contributed by atoms with Gasteiger partial charge in [0.15, 0.2) is 0 Å². The van der Waals surface area contributed by atoms with Gasteiger partial charge in [-0.2, -0.15) is 4.72 Å². The number of carbonyl (C=O) groups is 2. The molecular weight excluding hydrogens is 342 g/mol. The van der Waals surface area contributed by atoms with Gasteiger partial charge in [-0.05, 0) is 45.9 Å². The largest absolute Gasteiger partial charge is 0.350 e. The van der Waals surface area contributed by atoms with Crippen molar-refractivity contribution in [2.45, 2.75) is 44.2 Å². The first-order valence-corrected chi connectivity index (χ1v) is 9.10. The van der Waals surface area contributed by atoms with Gasteiger partial charge >= 0.3 is 0 Å². The van der Waals surface area contributed by atoms with E-state index < -0.39 is 27.5 Å². The highest BCUT2D eigenvalue weighted by Gasteiger charge is 2.22. The Morgan fingerprint density at radius 2 is 1.92 bits per heavy atom. The maximum Gasteiger partial charge on any atom is 0.251 e. The van der Waals surface area contributed by atoms with E-state index in [4.69, 9.17) is 6.42 Å². The zero-order valence-electron chi connectivity index (χ0n) is 14.7. The van der Waals surface area contributed by atoms with Crippen molar-refractivity contribution in [3.05, 3.63) is 29.8 Å². The molecule has 0 saturated heterocycles. The fourth-order valence-electron chi connectivity index (χ4n) is 1.85. The Kier molecular flexibility index (Phi) is 6.73. The molecule has 8 heteroatoms. The Morgan fingerprint density at radius 1 is 1.28 bits per heavy atom. The molecule has 7 nitrogen and oxygen atoms in total. The second kappa shape index (κ2) is 8.14. The van der Waals surface area contributed by atoms with Crippen molar-refractivity contribution in [1.29, 1.82) is 0 Å². The van der Waals surface area contributed by atoms with Crippen LogP contribution in [0.25, 0.3) is 0 Å². The van der Waals surface area contributed by atoms with Gasteiger partial charge in [0.25, 0.3) is 5.91 Å². The molecule has 0 bridgehead atoms. The second-order valence-electron chi connectivity index (χ2n) is 6.49. The van der Waals surface area contributed by atoms with Crippen LogP contribution in [0.5, 0.6) is 0 Å². The first-order valence-electron chi connectivity index (χ1n) is 7.62. The van der Waals surface area contributed by atoms with E-state index >= 15 is 0 Å². The number of benzene rings is 1. The van der Waals surface area contributed by atoms with Crippen LogP contribution < -0.4 is 15.4 Å². The lowest BCUT2D eigenvalue weighted by molar-refractivity contribution is -0.124. The fourth-order valence-corrected chi connectivity index (χ4v) is 2.83. The van der Waals surface area contributed by atoms with Crippen molar-refractivity contribution in [3.63, 3.8) is 0 Å². The van der Waals surface area contributed by atoms with Crippen molar-refractivity contribution in [2.24, 2.45) is 0 Å². The molecule has 1 aromatic rings. The Labute approximate surface area is 148 Å². The molecule has 1 rings (SSSR count). The van der Waals surface area contributed by atoms with Crippen LogP contribution in [0, 0.1) is 12.3 Å². The second-order valence-corrected chi connectivity index (χ2v) is 8.26. The summed E-state index contributed by atoms with van der Waals surface area (Å²) in [5.41, 5.74) is -0.300. The van der Waals surface area contributed by atoms with Crippen molar-refractivity contribution in [3.8, 4) is 12.3 Å². The number of terminal acetylenes is 1. The molecule has 0 spiro atoms. The summed E-state index contributed by atoms with van der Waals surface area (Å²) in [4.78, 5) is 24.2. The maximum absolute atomic E-state index is 12.3. The zero-order valence-corrected chi connectivity index (χ0v) is 15.5. The Bertz CT molecular complexity index is 789. The van der Waals surface area contributed by atoms with Gasteiger partial charge in [-0.25, -0.2) is 8.42 Å². The Morgan fingerprint density at radius 3 is 2.48 bits per heavy atom. The van der Waals surface area contributed by atoms with E-state index in [1.807, 2.05) is 20.8 Å². The quantitative estimate of drug-likeness (QED) is 0.643. The minimum absolute atomic E-state index is 0.0813. The summed E-state index contributed by atoms with van der Waals surface area (Å²) in [5, 5.41) is 5.30. The molecule has 1 atom stereocenters. The maximum atomic E-state index is 12.3. The normalized spacial score (nSPS) is 12.8. The SMILES string of the molecule is C#CCNS(=O)(=O)c1cccc(C(=O)NC(C)C(=O)NC(C)(C)C)c1. The molecule has 2 amide bonds.